The van der Waals surface area contributed by atoms with Gasteiger partial charge in [-0.25, -0.2) is 15.0 Å². The summed E-state index contributed by atoms with van der Waals surface area (Å²) in [5, 5.41) is 0. The van der Waals surface area contributed by atoms with Crippen LogP contribution in [0.4, 0.5) is 19.0 Å². The summed E-state index contributed by atoms with van der Waals surface area (Å²) in [6, 6.07) is 9.25. The predicted molar refractivity (Wildman–Crippen MR) is 87.3 cm³/mol. The Bertz CT molecular complexity index is 881. The first-order valence-corrected chi connectivity index (χ1v) is 8.08. The molecule has 0 N–H and O–H groups in total. The van der Waals surface area contributed by atoms with Crippen molar-refractivity contribution in [3.8, 4) is 0 Å². The zero-order chi connectivity index (χ0) is 17.4. The Balaban J connectivity index is 1.50. The molecular weight excluding hydrogens is 331 g/mol. The van der Waals surface area contributed by atoms with Gasteiger partial charge in [-0.2, -0.15) is 13.2 Å². The van der Waals surface area contributed by atoms with Crippen molar-refractivity contribution in [3.05, 3.63) is 48.7 Å². The summed E-state index contributed by atoms with van der Waals surface area (Å²) in [6.45, 7) is 1.29. The number of fused-ring (bicyclic) bond motifs is 1. The molecule has 0 spiro atoms. The topological polar surface area (TPSA) is 46.8 Å². The van der Waals surface area contributed by atoms with Gasteiger partial charge in [-0.15, -0.1) is 0 Å². The number of hydrogen-bond acceptors (Lipinski definition) is 4. The van der Waals surface area contributed by atoms with Gasteiger partial charge < -0.3 is 9.47 Å². The second-order valence-electron chi connectivity index (χ2n) is 6.12. The second kappa shape index (κ2) is 6.02. The lowest BCUT2D eigenvalue weighted by Gasteiger charge is -2.33. The van der Waals surface area contributed by atoms with Gasteiger partial charge in [0.1, 0.15) is 17.8 Å². The summed E-state index contributed by atoms with van der Waals surface area (Å²) >= 11 is 0. The molecule has 130 valence electrons. The van der Waals surface area contributed by atoms with Gasteiger partial charge >= 0.3 is 6.18 Å². The molecule has 0 atom stereocenters. The molecule has 1 aliphatic heterocycles. The molecule has 0 unspecified atom stereocenters. The second-order valence-corrected chi connectivity index (χ2v) is 6.12. The van der Waals surface area contributed by atoms with E-state index < -0.39 is 11.9 Å². The van der Waals surface area contributed by atoms with Gasteiger partial charge in [0.2, 0.25) is 0 Å². The van der Waals surface area contributed by atoms with Crippen LogP contribution in [-0.2, 0) is 6.18 Å². The van der Waals surface area contributed by atoms with E-state index in [0.29, 0.717) is 18.9 Å². The van der Waals surface area contributed by atoms with Crippen LogP contribution in [0.2, 0.25) is 0 Å². The molecule has 3 heterocycles. The highest BCUT2D eigenvalue weighted by Gasteiger charge is 2.33. The maximum atomic E-state index is 12.8. The summed E-state index contributed by atoms with van der Waals surface area (Å²) < 4.78 is 40.6. The Labute approximate surface area is 142 Å². The van der Waals surface area contributed by atoms with Gasteiger partial charge in [-0.05, 0) is 25.0 Å². The standard InChI is InChI=1S/C17H16F3N5/c18-17(19,20)15-9-16(22-10-21-15)24-7-5-12(6-8-24)25-11-23-13-3-1-2-4-14(13)25/h1-4,9-12H,5-8H2. The first-order chi connectivity index (χ1) is 12.0. The van der Waals surface area contributed by atoms with Crippen molar-refractivity contribution in [2.75, 3.05) is 18.0 Å². The maximum Gasteiger partial charge on any atom is 0.433 e. The monoisotopic (exact) mass is 347 g/mol. The van der Waals surface area contributed by atoms with Gasteiger partial charge in [0.05, 0.1) is 17.4 Å². The minimum absolute atomic E-state index is 0.285. The number of nitrogens with zero attached hydrogens (tertiary/aromatic N) is 5. The van der Waals surface area contributed by atoms with Crippen LogP contribution >= 0.6 is 0 Å². The van der Waals surface area contributed by atoms with Crippen LogP contribution in [0.25, 0.3) is 11.0 Å². The number of hydrogen-bond donors (Lipinski definition) is 0. The van der Waals surface area contributed by atoms with Gasteiger partial charge in [0, 0.05) is 25.2 Å². The van der Waals surface area contributed by atoms with E-state index in [0.717, 1.165) is 36.3 Å². The van der Waals surface area contributed by atoms with Crippen LogP contribution in [0, 0.1) is 0 Å². The molecule has 0 radical (unpaired) electrons. The first kappa shape index (κ1) is 15.9. The fraction of sp³-hybridized carbons (Fsp3) is 0.353. The van der Waals surface area contributed by atoms with Gasteiger partial charge in [-0.1, -0.05) is 12.1 Å². The summed E-state index contributed by atoms with van der Waals surface area (Å²) in [6.07, 6.45) is 0.0220. The smallest absolute Gasteiger partial charge is 0.356 e. The Hall–Kier alpha value is -2.64. The molecule has 0 aliphatic carbocycles. The van der Waals surface area contributed by atoms with E-state index in [1.54, 1.807) is 0 Å². The van der Waals surface area contributed by atoms with Crippen LogP contribution in [-0.4, -0.2) is 32.6 Å². The molecule has 1 fully saturated rings. The molecule has 1 aliphatic rings. The fourth-order valence-corrected chi connectivity index (χ4v) is 3.32. The third kappa shape index (κ3) is 3.04. The van der Waals surface area contributed by atoms with E-state index in [9.17, 15) is 13.2 Å². The van der Waals surface area contributed by atoms with Gasteiger partial charge in [0.25, 0.3) is 0 Å². The van der Waals surface area contributed by atoms with E-state index in [1.807, 2.05) is 35.5 Å². The van der Waals surface area contributed by atoms with E-state index >= 15 is 0 Å². The van der Waals surface area contributed by atoms with Crippen LogP contribution in [0.3, 0.4) is 0 Å². The number of para-hydroxylation sites is 2. The minimum atomic E-state index is -4.45. The van der Waals surface area contributed by atoms with Crippen LogP contribution < -0.4 is 4.90 Å². The molecule has 0 saturated carbocycles. The van der Waals surface area contributed by atoms with Crippen LogP contribution in [0.1, 0.15) is 24.6 Å². The third-order valence-electron chi connectivity index (χ3n) is 4.61. The molecule has 5 nitrogen and oxygen atoms in total. The average molecular weight is 347 g/mol. The Morgan fingerprint density at radius 2 is 1.76 bits per heavy atom. The van der Waals surface area contributed by atoms with Crippen molar-refractivity contribution in [2.24, 2.45) is 0 Å². The Morgan fingerprint density at radius 3 is 2.52 bits per heavy atom. The van der Waals surface area contributed by atoms with E-state index in [-0.39, 0.29) is 6.04 Å². The molecule has 1 aromatic carbocycles. The Kier molecular flexibility index (Phi) is 3.82. The number of alkyl halides is 3. The number of rotatable bonds is 2. The van der Waals surface area contributed by atoms with Gasteiger partial charge in [-0.3, -0.25) is 0 Å². The Morgan fingerprint density at radius 1 is 1.00 bits per heavy atom. The largest absolute Gasteiger partial charge is 0.433 e. The molecule has 0 amide bonds. The maximum absolute atomic E-state index is 12.8. The highest BCUT2D eigenvalue weighted by molar-refractivity contribution is 5.75. The summed E-state index contributed by atoms with van der Waals surface area (Å²) in [5.74, 6) is 0.330. The van der Waals surface area contributed by atoms with Crippen molar-refractivity contribution >= 4 is 16.9 Å². The number of anilines is 1. The molecule has 8 heteroatoms. The van der Waals surface area contributed by atoms with Crippen molar-refractivity contribution < 1.29 is 13.2 Å². The summed E-state index contributed by atoms with van der Waals surface area (Å²) in [5.41, 5.74) is 1.14. The number of benzene rings is 1. The third-order valence-corrected chi connectivity index (χ3v) is 4.61. The number of halogens is 3. The van der Waals surface area contributed by atoms with Crippen LogP contribution in [0.5, 0.6) is 0 Å². The molecule has 1 saturated heterocycles. The quantitative estimate of drug-likeness (QED) is 0.709. The lowest BCUT2D eigenvalue weighted by molar-refractivity contribution is -0.141. The zero-order valence-electron chi connectivity index (χ0n) is 13.3. The van der Waals surface area contributed by atoms with E-state index in [1.165, 1.54) is 0 Å². The lowest BCUT2D eigenvalue weighted by atomic mass is 10.0. The average Bonchev–Trinajstić information content (AvgIpc) is 3.05. The molecular formula is C17H16F3N5. The normalized spacial score (nSPS) is 16.5. The molecule has 3 aromatic rings. The van der Waals surface area contributed by atoms with Crippen LogP contribution in [0.15, 0.2) is 43.0 Å². The van der Waals surface area contributed by atoms with Gasteiger partial charge in [0.15, 0.2) is 0 Å². The zero-order valence-corrected chi connectivity index (χ0v) is 13.3. The van der Waals surface area contributed by atoms with E-state index in [4.69, 9.17) is 0 Å². The minimum Gasteiger partial charge on any atom is -0.356 e. The van der Waals surface area contributed by atoms with Crippen molar-refractivity contribution in [1.82, 2.24) is 19.5 Å². The lowest BCUT2D eigenvalue weighted by Crippen LogP contribution is -2.35. The molecule has 25 heavy (non-hydrogen) atoms. The SMILES string of the molecule is FC(F)(F)c1cc(N2CCC(n3cnc4ccccc43)CC2)ncn1. The number of aromatic nitrogens is 4. The van der Waals surface area contributed by atoms with Crippen molar-refractivity contribution in [2.45, 2.75) is 25.1 Å². The number of piperidine rings is 1. The van der Waals surface area contributed by atoms with Crippen molar-refractivity contribution in [1.29, 1.82) is 0 Å². The summed E-state index contributed by atoms with van der Waals surface area (Å²) in [4.78, 5) is 13.6. The number of imidazole rings is 1. The first-order valence-electron chi connectivity index (χ1n) is 8.08. The highest BCUT2D eigenvalue weighted by atomic mass is 19.4. The predicted octanol–water partition coefficient (Wildman–Crippen LogP) is 3.69. The summed E-state index contributed by atoms with van der Waals surface area (Å²) in [7, 11) is 0. The molecule has 0 bridgehead atoms. The molecule has 2 aromatic heterocycles. The highest BCUT2D eigenvalue weighted by Crippen LogP contribution is 2.31. The van der Waals surface area contributed by atoms with Crippen molar-refractivity contribution in [3.63, 3.8) is 0 Å². The van der Waals surface area contributed by atoms with E-state index in [2.05, 4.69) is 19.5 Å². The molecule has 4 rings (SSSR count). The fourth-order valence-electron chi connectivity index (χ4n) is 3.32.